The highest BCUT2D eigenvalue weighted by atomic mass is 16.2. The van der Waals surface area contributed by atoms with Crippen molar-refractivity contribution in [2.75, 3.05) is 25.5 Å². The third-order valence-electron chi connectivity index (χ3n) is 4.45. The highest BCUT2D eigenvalue weighted by molar-refractivity contribution is 5.85. The molecule has 0 saturated carbocycles. The minimum atomic E-state index is -0.165. The van der Waals surface area contributed by atoms with Gasteiger partial charge in [0.1, 0.15) is 17.7 Å². The van der Waals surface area contributed by atoms with Gasteiger partial charge in [-0.05, 0) is 31.4 Å². The van der Waals surface area contributed by atoms with Crippen molar-refractivity contribution in [3.63, 3.8) is 0 Å². The molecule has 7 nitrogen and oxygen atoms in total. The molecule has 1 unspecified atom stereocenters. The van der Waals surface area contributed by atoms with Crippen molar-refractivity contribution in [2.45, 2.75) is 32.2 Å². The smallest absolute Gasteiger partial charge is 0.251 e. The zero-order chi connectivity index (χ0) is 18.0. The number of H-pyrrole nitrogens is 1. The molecule has 2 aromatic heterocycles. The number of aromatic nitrogens is 3. The zero-order valence-corrected chi connectivity index (χ0v) is 14.8. The molecule has 3 heterocycles. The van der Waals surface area contributed by atoms with Gasteiger partial charge in [0.25, 0.3) is 5.56 Å². The van der Waals surface area contributed by atoms with Crippen LogP contribution < -0.4 is 10.5 Å². The fraction of sp³-hybridized carbons (Fsp3) is 0.444. The second-order valence-electron chi connectivity index (χ2n) is 6.43. The molecule has 7 heteroatoms. The summed E-state index contributed by atoms with van der Waals surface area (Å²) in [5, 5.41) is 0. The molecule has 1 fully saturated rings. The molecule has 0 bridgehead atoms. The van der Waals surface area contributed by atoms with Crippen molar-refractivity contribution >= 4 is 11.7 Å². The van der Waals surface area contributed by atoms with Crippen LogP contribution >= 0.6 is 0 Å². The topological polar surface area (TPSA) is 82.2 Å². The number of nitrogens with zero attached hydrogens (tertiary/aromatic N) is 4. The molecule has 0 aromatic carbocycles. The molecule has 0 radical (unpaired) electrons. The van der Waals surface area contributed by atoms with Crippen LogP contribution in [0.2, 0.25) is 0 Å². The number of hydrogen-bond acceptors (Lipinski definition) is 5. The molecule has 1 amide bonds. The molecular weight excluding hydrogens is 318 g/mol. The van der Waals surface area contributed by atoms with Gasteiger partial charge in [-0.25, -0.2) is 9.97 Å². The molecule has 1 N–H and O–H groups in total. The Hall–Kier alpha value is -2.70. The maximum atomic E-state index is 12.3. The molecule has 1 aliphatic heterocycles. The first kappa shape index (κ1) is 17.1. The summed E-state index contributed by atoms with van der Waals surface area (Å²) in [6.45, 7) is 2.78. The molecule has 2 aromatic rings. The van der Waals surface area contributed by atoms with Crippen LogP contribution in [-0.2, 0) is 11.2 Å². The van der Waals surface area contributed by atoms with Crippen LogP contribution in [0.4, 0.5) is 5.82 Å². The number of aryl methyl sites for hydroxylation is 1. The first-order chi connectivity index (χ1) is 12.0. The number of carbonyl (C=O) groups is 1. The summed E-state index contributed by atoms with van der Waals surface area (Å²) in [4.78, 5) is 39.4. The van der Waals surface area contributed by atoms with Crippen molar-refractivity contribution in [3.8, 4) is 11.4 Å². The summed E-state index contributed by atoms with van der Waals surface area (Å²) in [5.41, 5.74) is 1.34. The minimum absolute atomic E-state index is 0.102. The Balaban J connectivity index is 1.86. The fourth-order valence-corrected chi connectivity index (χ4v) is 3.12. The van der Waals surface area contributed by atoms with E-state index in [0.717, 1.165) is 36.5 Å². The van der Waals surface area contributed by atoms with Gasteiger partial charge in [0.15, 0.2) is 0 Å². The first-order valence-electron chi connectivity index (χ1n) is 8.54. The van der Waals surface area contributed by atoms with Gasteiger partial charge < -0.3 is 14.8 Å². The number of carbonyl (C=O) groups excluding carboxylic acids is 1. The second-order valence-corrected chi connectivity index (χ2v) is 6.43. The highest BCUT2D eigenvalue weighted by Gasteiger charge is 2.32. The molecule has 1 atom stereocenters. The zero-order valence-electron chi connectivity index (χ0n) is 14.8. The number of likely N-dealkylation sites (N-methyl/N-ethyl adjacent to an activating group) is 1. The van der Waals surface area contributed by atoms with Crippen LogP contribution in [-0.4, -0.2) is 52.4 Å². The van der Waals surface area contributed by atoms with Gasteiger partial charge in [0.05, 0.1) is 0 Å². The Kier molecular flexibility index (Phi) is 4.83. The SMILES string of the molecule is CCc1cc(=O)[nH]c(-c2ccc(N3CCCC3C(=O)N(C)C)nc2)n1. The Labute approximate surface area is 146 Å². The van der Waals surface area contributed by atoms with Crippen LogP contribution in [0.15, 0.2) is 29.2 Å². The van der Waals surface area contributed by atoms with Crippen molar-refractivity contribution in [1.82, 2.24) is 19.9 Å². The molecular formula is C18H23N5O2. The van der Waals surface area contributed by atoms with E-state index in [1.807, 2.05) is 24.0 Å². The van der Waals surface area contributed by atoms with E-state index in [-0.39, 0.29) is 17.5 Å². The summed E-state index contributed by atoms with van der Waals surface area (Å²) < 4.78 is 0. The van der Waals surface area contributed by atoms with E-state index in [4.69, 9.17) is 0 Å². The van der Waals surface area contributed by atoms with Crippen LogP contribution in [0, 0.1) is 0 Å². The number of nitrogens with one attached hydrogen (secondary N) is 1. The minimum Gasteiger partial charge on any atom is -0.347 e. The summed E-state index contributed by atoms with van der Waals surface area (Å²) in [7, 11) is 3.55. The summed E-state index contributed by atoms with van der Waals surface area (Å²) in [6.07, 6.45) is 4.21. The van der Waals surface area contributed by atoms with E-state index < -0.39 is 0 Å². The van der Waals surface area contributed by atoms with Crippen LogP contribution in [0.3, 0.4) is 0 Å². The van der Waals surface area contributed by atoms with E-state index in [0.29, 0.717) is 12.2 Å². The standard InChI is InChI=1S/C18H23N5O2/c1-4-13-10-16(24)21-17(20-13)12-7-8-15(19-11-12)23-9-5-6-14(23)18(25)22(2)3/h7-8,10-11,14H,4-6,9H2,1-3H3,(H,20,21,24). The molecule has 1 aliphatic rings. The average Bonchev–Trinajstić information content (AvgIpc) is 3.10. The van der Waals surface area contributed by atoms with E-state index in [1.54, 1.807) is 25.2 Å². The van der Waals surface area contributed by atoms with E-state index in [2.05, 4.69) is 15.0 Å². The Bertz CT molecular complexity index is 813. The number of amides is 1. The third-order valence-corrected chi connectivity index (χ3v) is 4.45. The molecule has 3 rings (SSSR count). The van der Waals surface area contributed by atoms with Crippen molar-refractivity contribution in [1.29, 1.82) is 0 Å². The van der Waals surface area contributed by atoms with Gasteiger partial charge in [-0.15, -0.1) is 0 Å². The number of hydrogen-bond donors (Lipinski definition) is 1. The first-order valence-corrected chi connectivity index (χ1v) is 8.54. The van der Waals surface area contributed by atoms with Gasteiger partial charge in [0.2, 0.25) is 5.91 Å². The number of pyridine rings is 1. The Morgan fingerprint density at radius 3 is 2.84 bits per heavy atom. The molecule has 132 valence electrons. The van der Waals surface area contributed by atoms with Crippen LogP contribution in [0.1, 0.15) is 25.5 Å². The van der Waals surface area contributed by atoms with Gasteiger partial charge in [-0.1, -0.05) is 6.92 Å². The lowest BCUT2D eigenvalue weighted by Gasteiger charge is -2.27. The van der Waals surface area contributed by atoms with Crippen molar-refractivity contribution in [2.24, 2.45) is 0 Å². The number of anilines is 1. The monoisotopic (exact) mass is 341 g/mol. The van der Waals surface area contributed by atoms with E-state index in [9.17, 15) is 9.59 Å². The molecule has 25 heavy (non-hydrogen) atoms. The van der Waals surface area contributed by atoms with E-state index in [1.165, 1.54) is 6.07 Å². The Morgan fingerprint density at radius 2 is 2.20 bits per heavy atom. The van der Waals surface area contributed by atoms with Gasteiger partial charge in [-0.2, -0.15) is 0 Å². The third kappa shape index (κ3) is 3.55. The second kappa shape index (κ2) is 7.04. The predicted octanol–water partition coefficient (Wildman–Crippen LogP) is 1.45. The lowest BCUT2D eigenvalue weighted by Crippen LogP contribution is -2.43. The predicted molar refractivity (Wildman–Crippen MR) is 96.5 cm³/mol. The quantitative estimate of drug-likeness (QED) is 0.910. The molecule has 0 spiro atoms. The highest BCUT2D eigenvalue weighted by Crippen LogP contribution is 2.26. The Morgan fingerprint density at radius 1 is 1.40 bits per heavy atom. The van der Waals surface area contributed by atoms with Crippen molar-refractivity contribution in [3.05, 3.63) is 40.4 Å². The van der Waals surface area contributed by atoms with Gasteiger partial charge in [-0.3, -0.25) is 9.59 Å². The van der Waals surface area contributed by atoms with Gasteiger partial charge in [0, 0.05) is 44.2 Å². The average molecular weight is 341 g/mol. The molecule has 1 saturated heterocycles. The number of aromatic amines is 1. The lowest BCUT2D eigenvalue weighted by molar-refractivity contribution is -0.129. The largest absolute Gasteiger partial charge is 0.347 e. The van der Waals surface area contributed by atoms with Gasteiger partial charge >= 0.3 is 0 Å². The normalized spacial score (nSPS) is 16.9. The van der Waals surface area contributed by atoms with E-state index >= 15 is 0 Å². The lowest BCUT2D eigenvalue weighted by atomic mass is 10.2. The molecule has 0 aliphatic carbocycles. The number of rotatable bonds is 4. The summed E-state index contributed by atoms with van der Waals surface area (Å²) >= 11 is 0. The van der Waals surface area contributed by atoms with Crippen molar-refractivity contribution < 1.29 is 4.79 Å². The summed E-state index contributed by atoms with van der Waals surface area (Å²) in [6, 6.07) is 5.12. The fourth-order valence-electron chi connectivity index (χ4n) is 3.12. The summed E-state index contributed by atoms with van der Waals surface area (Å²) in [5.74, 6) is 1.39. The van der Waals surface area contributed by atoms with Crippen LogP contribution in [0.5, 0.6) is 0 Å². The maximum Gasteiger partial charge on any atom is 0.251 e. The maximum absolute atomic E-state index is 12.3. The van der Waals surface area contributed by atoms with Crippen LogP contribution in [0.25, 0.3) is 11.4 Å².